The van der Waals surface area contributed by atoms with Crippen molar-refractivity contribution in [1.29, 1.82) is 0 Å². The Hall–Kier alpha value is -2.17. The average Bonchev–Trinajstić information content (AvgIpc) is 2.39. The van der Waals surface area contributed by atoms with Crippen molar-refractivity contribution in [2.75, 3.05) is 11.9 Å². The van der Waals surface area contributed by atoms with Gasteiger partial charge in [0.15, 0.2) is 0 Å². The Morgan fingerprint density at radius 2 is 2.00 bits per heavy atom. The van der Waals surface area contributed by atoms with Gasteiger partial charge in [0.1, 0.15) is 0 Å². The van der Waals surface area contributed by atoms with E-state index in [1.165, 1.54) is 0 Å². The SMILES string of the molecule is CCCCNC(=O)Nc1ccc2cnncc2c1. The van der Waals surface area contributed by atoms with Crippen molar-refractivity contribution in [3.8, 4) is 0 Å². The third-order valence-electron chi connectivity index (χ3n) is 2.62. The number of carbonyl (C=O) groups excluding carboxylic acids is 1. The molecule has 0 saturated carbocycles. The lowest BCUT2D eigenvalue weighted by molar-refractivity contribution is 0.252. The lowest BCUT2D eigenvalue weighted by atomic mass is 10.2. The van der Waals surface area contributed by atoms with E-state index in [1.807, 2.05) is 18.2 Å². The normalized spacial score (nSPS) is 10.3. The smallest absolute Gasteiger partial charge is 0.319 e. The van der Waals surface area contributed by atoms with Crippen LogP contribution >= 0.6 is 0 Å². The van der Waals surface area contributed by atoms with Crippen molar-refractivity contribution in [3.05, 3.63) is 30.6 Å². The van der Waals surface area contributed by atoms with Crippen LogP contribution in [0.2, 0.25) is 0 Å². The van der Waals surface area contributed by atoms with Crippen LogP contribution in [0.3, 0.4) is 0 Å². The van der Waals surface area contributed by atoms with Gasteiger partial charge in [-0.05, 0) is 18.6 Å². The summed E-state index contributed by atoms with van der Waals surface area (Å²) < 4.78 is 0. The Bertz CT molecular complexity index is 541. The van der Waals surface area contributed by atoms with Crippen LogP contribution in [0.25, 0.3) is 10.8 Å². The zero-order valence-electron chi connectivity index (χ0n) is 10.3. The number of hydrogen-bond donors (Lipinski definition) is 2. The quantitative estimate of drug-likeness (QED) is 0.812. The molecule has 2 rings (SSSR count). The molecule has 1 aromatic carbocycles. The maximum Gasteiger partial charge on any atom is 0.319 e. The van der Waals surface area contributed by atoms with Crippen LogP contribution in [0.5, 0.6) is 0 Å². The van der Waals surface area contributed by atoms with Gasteiger partial charge in [0, 0.05) is 23.0 Å². The number of unbranched alkanes of at least 4 members (excludes halogenated alkanes) is 1. The molecule has 0 saturated heterocycles. The van der Waals surface area contributed by atoms with Crippen LogP contribution < -0.4 is 10.6 Å². The summed E-state index contributed by atoms with van der Waals surface area (Å²) in [6, 6.07) is 5.46. The molecule has 0 radical (unpaired) electrons. The summed E-state index contributed by atoms with van der Waals surface area (Å²) in [6.45, 7) is 2.78. The number of hydrogen-bond acceptors (Lipinski definition) is 3. The van der Waals surface area contributed by atoms with Crippen LogP contribution in [0, 0.1) is 0 Å². The van der Waals surface area contributed by atoms with Crippen molar-refractivity contribution in [1.82, 2.24) is 15.5 Å². The van der Waals surface area contributed by atoms with Crippen LogP contribution in [-0.4, -0.2) is 22.8 Å². The molecule has 1 heterocycles. The van der Waals surface area contributed by atoms with Crippen LogP contribution in [0.15, 0.2) is 30.6 Å². The monoisotopic (exact) mass is 244 g/mol. The fraction of sp³-hybridized carbons (Fsp3) is 0.308. The Morgan fingerprint density at radius 3 is 2.78 bits per heavy atom. The minimum Gasteiger partial charge on any atom is -0.338 e. The van der Waals surface area contributed by atoms with Gasteiger partial charge in [0.25, 0.3) is 0 Å². The fourth-order valence-electron chi connectivity index (χ4n) is 1.63. The molecule has 0 unspecified atom stereocenters. The molecule has 94 valence electrons. The summed E-state index contributed by atoms with van der Waals surface area (Å²) in [5, 5.41) is 15.2. The lowest BCUT2D eigenvalue weighted by Gasteiger charge is -2.07. The Kier molecular flexibility index (Phi) is 4.06. The summed E-state index contributed by atoms with van der Waals surface area (Å²) in [7, 11) is 0. The van der Waals surface area contributed by atoms with Crippen LogP contribution in [0.4, 0.5) is 10.5 Å². The molecule has 0 aliphatic rings. The standard InChI is InChI=1S/C13H16N4O/c1-2-3-6-14-13(18)17-12-5-4-10-8-15-16-9-11(10)7-12/h4-5,7-9H,2-3,6H2,1H3,(H2,14,17,18). The zero-order valence-corrected chi connectivity index (χ0v) is 10.3. The van der Waals surface area contributed by atoms with E-state index >= 15 is 0 Å². The van der Waals surface area contributed by atoms with Gasteiger partial charge in [0.2, 0.25) is 0 Å². The molecule has 2 N–H and O–H groups in total. The summed E-state index contributed by atoms with van der Waals surface area (Å²) in [6.07, 6.45) is 5.42. The third kappa shape index (κ3) is 3.16. The summed E-state index contributed by atoms with van der Waals surface area (Å²) in [4.78, 5) is 11.6. The molecule has 2 amide bonds. The van der Waals surface area contributed by atoms with Crippen molar-refractivity contribution in [2.24, 2.45) is 0 Å². The second-order valence-corrected chi connectivity index (χ2v) is 4.07. The minimum atomic E-state index is -0.176. The zero-order chi connectivity index (χ0) is 12.8. The topological polar surface area (TPSA) is 66.9 Å². The van der Waals surface area contributed by atoms with Gasteiger partial charge in [-0.25, -0.2) is 4.79 Å². The minimum absolute atomic E-state index is 0.176. The van der Waals surface area contributed by atoms with E-state index in [9.17, 15) is 4.79 Å². The predicted molar refractivity (Wildman–Crippen MR) is 71.5 cm³/mol. The van der Waals surface area contributed by atoms with Gasteiger partial charge < -0.3 is 10.6 Å². The molecule has 0 fully saturated rings. The fourth-order valence-corrected chi connectivity index (χ4v) is 1.63. The maximum absolute atomic E-state index is 11.6. The molecule has 2 aromatic rings. The van der Waals surface area contributed by atoms with Crippen LogP contribution in [-0.2, 0) is 0 Å². The van der Waals surface area contributed by atoms with Crippen LogP contribution in [0.1, 0.15) is 19.8 Å². The second kappa shape index (κ2) is 5.95. The van der Waals surface area contributed by atoms with Crippen molar-refractivity contribution < 1.29 is 4.79 Å². The molecule has 0 bridgehead atoms. The van der Waals surface area contributed by atoms with E-state index in [1.54, 1.807) is 12.4 Å². The number of fused-ring (bicyclic) bond motifs is 1. The highest BCUT2D eigenvalue weighted by molar-refractivity contribution is 5.92. The molecule has 1 aromatic heterocycles. The highest BCUT2D eigenvalue weighted by Crippen LogP contribution is 2.16. The summed E-state index contributed by atoms with van der Waals surface area (Å²) >= 11 is 0. The average molecular weight is 244 g/mol. The van der Waals surface area contributed by atoms with Crippen molar-refractivity contribution >= 4 is 22.5 Å². The van der Waals surface area contributed by atoms with Crippen molar-refractivity contribution in [3.63, 3.8) is 0 Å². The first-order valence-corrected chi connectivity index (χ1v) is 6.05. The molecule has 5 nitrogen and oxygen atoms in total. The van der Waals surface area contributed by atoms with E-state index in [4.69, 9.17) is 0 Å². The lowest BCUT2D eigenvalue weighted by Crippen LogP contribution is -2.29. The highest BCUT2D eigenvalue weighted by Gasteiger charge is 2.01. The Morgan fingerprint density at radius 1 is 1.22 bits per heavy atom. The largest absolute Gasteiger partial charge is 0.338 e. The van der Waals surface area contributed by atoms with E-state index in [2.05, 4.69) is 27.8 Å². The molecule has 0 atom stereocenters. The predicted octanol–water partition coefficient (Wildman–Crippen LogP) is 2.55. The molecule has 0 aliphatic carbocycles. The van der Waals surface area contributed by atoms with E-state index in [0.29, 0.717) is 6.54 Å². The van der Waals surface area contributed by atoms with Gasteiger partial charge in [-0.1, -0.05) is 19.4 Å². The summed E-state index contributed by atoms with van der Waals surface area (Å²) in [5.74, 6) is 0. The number of urea groups is 1. The first-order valence-electron chi connectivity index (χ1n) is 6.05. The molecule has 18 heavy (non-hydrogen) atoms. The number of rotatable bonds is 4. The molecular weight excluding hydrogens is 228 g/mol. The Labute approximate surface area is 106 Å². The second-order valence-electron chi connectivity index (χ2n) is 4.07. The first kappa shape index (κ1) is 12.3. The first-order chi connectivity index (χ1) is 8.79. The maximum atomic E-state index is 11.6. The van der Waals surface area contributed by atoms with Gasteiger partial charge in [-0.3, -0.25) is 0 Å². The van der Waals surface area contributed by atoms with Gasteiger partial charge in [-0.15, -0.1) is 0 Å². The highest BCUT2D eigenvalue weighted by atomic mass is 16.2. The molecule has 0 aliphatic heterocycles. The van der Waals surface area contributed by atoms with Crippen molar-refractivity contribution in [2.45, 2.75) is 19.8 Å². The number of aromatic nitrogens is 2. The number of benzene rings is 1. The number of amides is 2. The number of anilines is 1. The Balaban J connectivity index is 2.01. The molecular formula is C13H16N4O. The van der Waals surface area contributed by atoms with Gasteiger partial charge >= 0.3 is 6.03 Å². The summed E-state index contributed by atoms with van der Waals surface area (Å²) in [5.41, 5.74) is 0.754. The van der Waals surface area contributed by atoms with E-state index < -0.39 is 0 Å². The third-order valence-corrected chi connectivity index (χ3v) is 2.62. The van der Waals surface area contributed by atoms with Gasteiger partial charge in [0.05, 0.1) is 12.4 Å². The molecule has 0 spiro atoms. The van der Waals surface area contributed by atoms with Gasteiger partial charge in [-0.2, -0.15) is 10.2 Å². The number of nitrogens with one attached hydrogen (secondary N) is 2. The number of nitrogens with zero attached hydrogens (tertiary/aromatic N) is 2. The molecule has 5 heteroatoms. The van der Waals surface area contributed by atoms with E-state index in [0.717, 1.165) is 29.3 Å². The van der Waals surface area contributed by atoms with E-state index in [-0.39, 0.29) is 6.03 Å². The number of carbonyl (C=O) groups is 1.